The summed E-state index contributed by atoms with van der Waals surface area (Å²) in [5.41, 5.74) is 1.35. The second-order valence-electron chi connectivity index (χ2n) is 8.13. The number of imidazole rings is 1. The minimum Gasteiger partial charge on any atom is -0.353 e. The van der Waals surface area contributed by atoms with Gasteiger partial charge in [-0.15, -0.1) is 0 Å². The van der Waals surface area contributed by atoms with Crippen molar-refractivity contribution in [3.05, 3.63) is 18.2 Å². The molecule has 4 rings (SSSR count). The van der Waals surface area contributed by atoms with E-state index in [4.69, 9.17) is 5.14 Å². The molecule has 3 N–H and O–H groups in total. The molecule has 0 saturated heterocycles. The number of amides is 1. The molecular weight excluding hydrogens is 396 g/mol. The highest BCUT2D eigenvalue weighted by molar-refractivity contribution is 7.99. The number of hydrogen-bond donors (Lipinski definition) is 2. The number of primary sulfonamides is 1. The van der Waals surface area contributed by atoms with Gasteiger partial charge in [0.25, 0.3) is 0 Å². The van der Waals surface area contributed by atoms with Crippen molar-refractivity contribution < 1.29 is 13.2 Å². The first-order valence-corrected chi connectivity index (χ1v) is 12.2. The van der Waals surface area contributed by atoms with E-state index in [-0.39, 0.29) is 22.6 Å². The fraction of sp³-hybridized carbons (Fsp3) is 0.579. The molecule has 1 aromatic heterocycles. The van der Waals surface area contributed by atoms with Crippen LogP contribution in [0.4, 0.5) is 0 Å². The zero-order chi connectivity index (χ0) is 20.1. The Balaban J connectivity index is 1.39. The van der Waals surface area contributed by atoms with E-state index in [1.54, 1.807) is 6.07 Å². The molecule has 0 radical (unpaired) electrons. The van der Waals surface area contributed by atoms with E-state index in [0.717, 1.165) is 17.4 Å². The third-order valence-electron chi connectivity index (χ3n) is 6.30. The number of carbonyl (C=O) groups excluding carboxylic acids is 1. The number of thioether (sulfide) groups is 1. The summed E-state index contributed by atoms with van der Waals surface area (Å²) >= 11 is 1.35. The van der Waals surface area contributed by atoms with Crippen LogP contribution in [0.5, 0.6) is 0 Å². The fourth-order valence-corrected chi connectivity index (χ4v) is 6.23. The van der Waals surface area contributed by atoms with E-state index < -0.39 is 10.0 Å². The molecule has 0 unspecified atom stereocenters. The Bertz CT molecular complexity index is 1020. The maximum atomic E-state index is 12.4. The number of fused-ring (bicyclic) bond motifs is 3. The van der Waals surface area contributed by atoms with Gasteiger partial charge < -0.3 is 9.88 Å². The average molecular weight is 423 g/mol. The molecule has 0 aliphatic heterocycles. The van der Waals surface area contributed by atoms with Crippen LogP contribution < -0.4 is 10.5 Å². The van der Waals surface area contributed by atoms with Gasteiger partial charge in [-0.1, -0.05) is 18.2 Å². The molecule has 7 nitrogen and oxygen atoms in total. The lowest BCUT2D eigenvalue weighted by atomic mass is 9.84. The molecule has 2 fully saturated rings. The number of nitrogens with zero attached hydrogens (tertiary/aromatic N) is 2. The van der Waals surface area contributed by atoms with E-state index in [9.17, 15) is 13.2 Å². The zero-order valence-corrected chi connectivity index (χ0v) is 17.7. The first kappa shape index (κ1) is 19.7. The van der Waals surface area contributed by atoms with Crippen LogP contribution in [0.2, 0.25) is 0 Å². The molecular formula is C19H26N4O3S2. The molecule has 1 amide bonds. The van der Waals surface area contributed by atoms with E-state index in [1.807, 2.05) is 11.6 Å². The van der Waals surface area contributed by atoms with Crippen LogP contribution >= 0.6 is 11.8 Å². The van der Waals surface area contributed by atoms with Crippen molar-refractivity contribution in [3.8, 4) is 0 Å². The quantitative estimate of drug-likeness (QED) is 0.695. The Morgan fingerprint density at radius 3 is 2.82 bits per heavy atom. The number of aryl methyl sites for hydroxylation is 1. The number of benzene rings is 1. The number of aromatic nitrogens is 2. The van der Waals surface area contributed by atoms with Crippen LogP contribution in [0.15, 0.2) is 28.3 Å². The van der Waals surface area contributed by atoms with E-state index in [2.05, 4.69) is 17.2 Å². The van der Waals surface area contributed by atoms with Gasteiger partial charge in [-0.3, -0.25) is 4.79 Å². The third-order valence-corrected chi connectivity index (χ3v) is 8.24. The Morgan fingerprint density at radius 2 is 2.18 bits per heavy atom. The second kappa shape index (κ2) is 7.35. The van der Waals surface area contributed by atoms with Crippen LogP contribution in [-0.2, 0) is 21.9 Å². The number of sulfonamides is 1. The molecule has 152 valence electrons. The van der Waals surface area contributed by atoms with Crippen LogP contribution in [-0.4, -0.2) is 35.7 Å². The number of nitrogens with two attached hydrogens (primary N) is 1. The highest BCUT2D eigenvalue weighted by Gasteiger charge is 2.42. The summed E-state index contributed by atoms with van der Waals surface area (Å²) in [7, 11) is -1.92. The summed E-state index contributed by atoms with van der Waals surface area (Å²) in [4.78, 5) is 16.9. The summed E-state index contributed by atoms with van der Waals surface area (Å²) in [6, 6.07) is 4.83. The van der Waals surface area contributed by atoms with Crippen molar-refractivity contribution in [2.75, 3.05) is 5.75 Å². The Kier molecular flexibility index (Phi) is 5.18. The number of hydrogen-bond acceptors (Lipinski definition) is 5. The van der Waals surface area contributed by atoms with Crippen LogP contribution in [0.1, 0.15) is 32.6 Å². The van der Waals surface area contributed by atoms with Crippen molar-refractivity contribution in [1.82, 2.24) is 14.9 Å². The lowest BCUT2D eigenvalue weighted by molar-refractivity contribution is -0.119. The molecule has 2 aliphatic carbocycles. The van der Waals surface area contributed by atoms with Gasteiger partial charge in [-0.2, -0.15) is 0 Å². The molecule has 9 heteroatoms. The predicted octanol–water partition coefficient (Wildman–Crippen LogP) is 2.25. The second-order valence-corrected chi connectivity index (χ2v) is 10.6. The molecule has 0 spiro atoms. The summed E-state index contributed by atoms with van der Waals surface area (Å²) < 4.78 is 24.9. The van der Waals surface area contributed by atoms with Crippen molar-refractivity contribution in [2.24, 2.45) is 29.9 Å². The van der Waals surface area contributed by atoms with Crippen molar-refractivity contribution >= 4 is 38.7 Å². The molecule has 28 heavy (non-hydrogen) atoms. The number of carbonyl (C=O) groups is 1. The minimum absolute atomic E-state index is 0.0116. The molecule has 4 atom stereocenters. The Morgan fingerprint density at radius 1 is 1.39 bits per heavy atom. The van der Waals surface area contributed by atoms with Gasteiger partial charge >= 0.3 is 0 Å². The van der Waals surface area contributed by atoms with E-state index in [0.29, 0.717) is 16.6 Å². The molecule has 2 saturated carbocycles. The van der Waals surface area contributed by atoms with Gasteiger partial charge in [0.1, 0.15) is 0 Å². The first-order chi connectivity index (χ1) is 13.2. The number of rotatable bonds is 6. The molecule has 2 bridgehead atoms. The van der Waals surface area contributed by atoms with Gasteiger partial charge in [0, 0.05) is 13.1 Å². The maximum Gasteiger partial charge on any atom is 0.238 e. The van der Waals surface area contributed by atoms with Gasteiger partial charge in [-0.05, 0) is 62.1 Å². The van der Waals surface area contributed by atoms with Crippen LogP contribution in [0.3, 0.4) is 0 Å². The SMILES string of the molecule is C[C@@H](NC(=O)CSc1nc2cc(S(N)(=O)=O)ccc2n1C)[C@H]1C[C@@H]2CC[C@@H]1C2. The first-order valence-electron chi connectivity index (χ1n) is 9.64. The van der Waals surface area contributed by atoms with Gasteiger partial charge in [-0.25, -0.2) is 18.5 Å². The molecule has 2 aromatic rings. The van der Waals surface area contributed by atoms with E-state index >= 15 is 0 Å². The monoisotopic (exact) mass is 422 g/mol. The largest absolute Gasteiger partial charge is 0.353 e. The van der Waals surface area contributed by atoms with Gasteiger partial charge in [0.05, 0.1) is 21.7 Å². The minimum atomic E-state index is -3.77. The normalized spacial score (nSPS) is 25.3. The van der Waals surface area contributed by atoms with Crippen molar-refractivity contribution in [2.45, 2.75) is 48.7 Å². The fourth-order valence-electron chi connectivity index (χ4n) is 4.90. The standard InChI is InChI=1S/C19H26N4O3S2/c1-11(15-8-12-3-4-13(15)7-12)21-18(24)10-27-19-22-16-9-14(28(20,25)26)5-6-17(16)23(19)2/h5-6,9,11-13,15H,3-4,7-8,10H2,1-2H3,(H,21,24)(H2,20,25,26)/t11-,12-,13-,15-/m1/s1. The average Bonchev–Trinajstić information content (AvgIpc) is 3.34. The zero-order valence-electron chi connectivity index (χ0n) is 16.1. The summed E-state index contributed by atoms with van der Waals surface area (Å²) in [5.74, 6) is 2.55. The van der Waals surface area contributed by atoms with Crippen LogP contribution in [0, 0.1) is 17.8 Å². The Labute approximate surface area is 169 Å². The predicted molar refractivity (Wildman–Crippen MR) is 109 cm³/mol. The Hall–Kier alpha value is -1.58. The highest BCUT2D eigenvalue weighted by Crippen LogP contribution is 2.49. The highest BCUT2D eigenvalue weighted by atomic mass is 32.2. The number of nitrogens with one attached hydrogen (secondary N) is 1. The van der Waals surface area contributed by atoms with Gasteiger partial charge in [0.15, 0.2) is 5.16 Å². The summed E-state index contributed by atoms with van der Waals surface area (Å²) in [6.45, 7) is 2.12. The third kappa shape index (κ3) is 3.79. The molecule has 1 heterocycles. The van der Waals surface area contributed by atoms with Gasteiger partial charge in [0.2, 0.25) is 15.9 Å². The summed E-state index contributed by atoms with van der Waals surface area (Å²) in [5, 5.41) is 9.03. The lowest BCUT2D eigenvalue weighted by Gasteiger charge is -2.28. The van der Waals surface area contributed by atoms with Crippen molar-refractivity contribution in [1.29, 1.82) is 0 Å². The van der Waals surface area contributed by atoms with Crippen LogP contribution in [0.25, 0.3) is 11.0 Å². The lowest BCUT2D eigenvalue weighted by Crippen LogP contribution is -2.40. The maximum absolute atomic E-state index is 12.4. The smallest absolute Gasteiger partial charge is 0.238 e. The van der Waals surface area contributed by atoms with Crippen molar-refractivity contribution in [3.63, 3.8) is 0 Å². The summed E-state index contributed by atoms with van der Waals surface area (Å²) in [6.07, 6.45) is 5.25. The molecule has 2 aliphatic rings. The van der Waals surface area contributed by atoms with E-state index in [1.165, 1.54) is 49.6 Å². The molecule has 1 aromatic carbocycles. The topological polar surface area (TPSA) is 107 Å².